The summed E-state index contributed by atoms with van der Waals surface area (Å²) >= 11 is 0. The summed E-state index contributed by atoms with van der Waals surface area (Å²) in [6.45, 7) is 10.9. The van der Waals surface area contributed by atoms with Gasteiger partial charge in [0.1, 0.15) is 0 Å². The lowest BCUT2D eigenvalue weighted by Gasteiger charge is -2.21. The molecule has 1 N–H and O–H groups in total. The molecule has 0 radical (unpaired) electrons. The largest absolute Gasteiger partial charge is 0.333 e. The smallest absolute Gasteiger partial charge is 0.0948 e. The van der Waals surface area contributed by atoms with Crippen molar-refractivity contribution in [3.63, 3.8) is 0 Å². The number of nitrogens with zero attached hydrogens (tertiary/aromatic N) is 2. The van der Waals surface area contributed by atoms with E-state index in [9.17, 15) is 0 Å². The third kappa shape index (κ3) is 3.08. The quantitative estimate of drug-likeness (QED) is 0.847. The van der Waals surface area contributed by atoms with Gasteiger partial charge in [-0.1, -0.05) is 6.92 Å². The first-order chi connectivity index (χ1) is 7.38. The fraction of sp³-hybridized carbons (Fsp3) is 0.769. The van der Waals surface area contributed by atoms with Crippen LogP contribution in [0, 0.1) is 5.41 Å². The van der Waals surface area contributed by atoms with Crippen LogP contribution in [0.15, 0.2) is 12.5 Å². The van der Waals surface area contributed by atoms with Gasteiger partial charge in [-0.15, -0.1) is 0 Å². The highest BCUT2D eigenvalue weighted by Gasteiger charge is 2.37. The number of nitrogens with one attached hydrogen (secondary N) is 1. The minimum absolute atomic E-state index is 0.165. The average molecular weight is 221 g/mol. The van der Waals surface area contributed by atoms with Gasteiger partial charge in [-0.3, -0.25) is 0 Å². The summed E-state index contributed by atoms with van der Waals surface area (Å²) in [5, 5.41) is 3.51. The van der Waals surface area contributed by atoms with Crippen molar-refractivity contribution in [2.24, 2.45) is 5.41 Å². The molecule has 0 unspecified atom stereocenters. The Labute approximate surface area is 98.3 Å². The molecule has 0 saturated heterocycles. The standard InChI is InChI=1S/C13H23N3/c1-12(2,3)15-8-11-7-14-10-16(11)9-13(4)5-6-13/h7,10,15H,5-6,8-9H2,1-4H3. The van der Waals surface area contributed by atoms with Gasteiger partial charge in [0.15, 0.2) is 0 Å². The highest BCUT2D eigenvalue weighted by Crippen LogP contribution is 2.46. The van der Waals surface area contributed by atoms with Crippen LogP contribution in [0.1, 0.15) is 46.2 Å². The molecule has 0 spiro atoms. The summed E-state index contributed by atoms with van der Waals surface area (Å²) in [5.74, 6) is 0. The van der Waals surface area contributed by atoms with Crippen molar-refractivity contribution in [3.8, 4) is 0 Å². The van der Waals surface area contributed by atoms with Crippen LogP contribution in [0.5, 0.6) is 0 Å². The number of imidazole rings is 1. The van der Waals surface area contributed by atoms with E-state index in [-0.39, 0.29) is 5.54 Å². The maximum absolute atomic E-state index is 4.26. The molecule has 1 fully saturated rings. The Kier molecular flexibility index (Phi) is 2.82. The molecule has 16 heavy (non-hydrogen) atoms. The first-order valence-corrected chi connectivity index (χ1v) is 6.12. The second kappa shape index (κ2) is 3.88. The summed E-state index contributed by atoms with van der Waals surface area (Å²) in [7, 11) is 0. The zero-order valence-corrected chi connectivity index (χ0v) is 10.9. The number of rotatable bonds is 4. The Morgan fingerprint density at radius 3 is 2.69 bits per heavy atom. The fourth-order valence-electron chi connectivity index (χ4n) is 1.78. The lowest BCUT2D eigenvalue weighted by Crippen LogP contribution is -2.35. The topological polar surface area (TPSA) is 29.9 Å². The molecule has 3 nitrogen and oxygen atoms in total. The van der Waals surface area contributed by atoms with E-state index < -0.39 is 0 Å². The van der Waals surface area contributed by atoms with E-state index in [4.69, 9.17) is 0 Å². The van der Waals surface area contributed by atoms with Crippen LogP contribution in [0.3, 0.4) is 0 Å². The summed E-state index contributed by atoms with van der Waals surface area (Å²) in [6.07, 6.45) is 6.66. The van der Waals surface area contributed by atoms with Crippen molar-refractivity contribution >= 4 is 0 Å². The summed E-state index contributed by atoms with van der Waals surface area (Å²) in [4.78, 5) is 4.26. The van der Waals surface area contributed by atoms with E-state index in [0.29, 0.717) is 5.41 Å². The predicted molar refractivity (Wildman–Crippen MR) is 66.2 cm³/mol. The highest BCUT2D eigenvalue weighted by atomic mass is 15.1. The first kappa shape index (κ1) is 11.6. The normalized spacial score (nSPS) is 18.8. The molecule has 3 heteroatoms. The Morgan fingerprint density at radius 2 is 2.12 bits per heavy atom. The molecule has 0 bridgehead atoms. The monoisotopic (exact) mass is 221 g/mol. The third-order valence-electron chi connectivity index (χ3n) is 3.25. The second-order valence-electron chi connectivity index (χ2n) is 6.43. The van der Waals surface area contributed by atoms with Gasteiger partial charge in [0.05, 0.1) is 12.0 Å². The Balaban J connectivity index is 1.96. The molecular weight excluding hydrogens is 198 g/mol. The van der Waals surface area contributed by atoms with Crippen molar-refractivity contribution in [1.82, 2.24) is 14.9 Å². The Hall–Kier alpha value is -0.830. The van der Waals surface area contributed by atoms with E-state index in [1.807, 2.05) is 12.5 Å². The maximum atomic E-state index is 4.26. The summed E-state index contributed by atoms with van der Waals surface area (Å²) < 4.78 is 2.30. The van der Waals surface area contributed by atoms with Crippen molar-refractivity contribution in [3.05, 3.63) is 18.2 Å². The summed E-state index contributed by atoms with van der Waals surface area (Å²) in [6, 6.07) is 0. The molecule has 1 aliphatic rings. The molecule has 1 heterocycles. The van der Waals surface area contributed by atoms with Gasteiger partial charge in [-0.05, 0) is 39.0 Å². The van der Waals surface area contributed by atoms with Crippen molar-refractivity contribution < 1.29 is 0 Å². The van der Waals surface area contributed by atoms with E-state index >= 15 is 0 Å². The van der Waals surface area contributed by atoms with Crippen molar-refractivity contribution in [2.45, 2.75) is 59.2 Å². The highest BCUT2D eigenvalue weighted by molar-refractivity contribution is 5.02. The van der Waals surface area contributed by atoms with Gasteiger partial charge in [0.25, 0.3) is 0 Å². The number of hydrogen-bond donors (Lipinski definition) is 1. The molecule has 0 atom stereocenters. The van der Waals surface area contributed by atoms with Crippen molar-refractivity contribution in [1.29, 1.82) is 0 Å². The molecule has 1 saturated carbocycles. The molecule has 2 rings (SSSR count). The lowest BCUT2D eigenvalue weighted by atomic mass is 10.1. The fourth-order valence-corrected chi connectivity index (χ4v) is 1.78. The van der Waals surface area contributed by atoms with Crippen molar-refractivity contribution in [2.75, 3.05) is 0 Å². The minimum atomic E-state index is 0.165. The average Bonchev–Trinajstić information content (AvgIpc) is 2.73. The molecule has 0 amide bonds. The van der Waals surface area contributed by atoms with Gasteiger partial charge < -0.3 is 9.88 Å². The van der Waals surface area contributed by atoms with Crippen LogP contribution in [0.2, 0.25) is 0 Å². The van der Waals surface area contributed by atoms with Crippen LogP contribution < -0.4 is 5.32 Å². The molecule has 0 aromatic carbocycles. The van der Waals surface area contributed by atoms with Gasteiger partial charge >= 0.3 is 0 Å². The van der Waals surface area contributed by atoms with E-state index in [1.165, 1.54) is 18.5 Å². The van der Waals surface area contributed by atoms with E-state index in [2.05, 4.69) is 42.6 Å². The maximum Gasteiger partial charge on any atom is 0.0948 e. The van der Waals surface area contributed by atoms with Crippen LogP contribution >= 0.6 is 0 Å². The zero-order valence-electron chi connectivity index (χ0n) is 10.9. The molecule has 1 aliphatic carbocycles. The molecule has 0 aliphatic heterocycles. The number of hydrogen-bond acceptors (Lipinski definition) is 2. The Bertz CT molecular complexity index is 355. The third-order valence-corrected chi connectivity index (χ3v) is 3.25. The van der Waals surface area contributed by atoms with Gasteiger partial charge in [-0.25, -0.2) is 4.98 Å². The van der Waals surface area contributed by atoms with Crippen LogP contribution in [0.4, 0.5) is 0 Å². The van der Waals surface area contributed by atoms with Gasteiger partial charge in [-0.2, -0.15) is 0 Å². The first-order valence-electron chi connectivity index (χ1n) is 6.12. The Morgan fingerprint density at radius 1 is 1.44 bits per heavy atom. The molecule has 1 aromatic rings. The second-order valence-corrected chi connectivity index (χ2v) is 6.43. The minimum Gasteiger partial charge on any atom is -0.333 e. The number of aromatic nitrogens is 2. The predicted octanol–water partition coefficient (Wildman–Crippen LogP) is 2.57. The van der Waals surface area contributed by atoms with Gasteiger partial charge in [0, 0.05) is 24.8 Å². The van der Waals surface area contributed by atoms with Crippen LogP contribution in [-0.4, -0.2) is 15.1 Å². The van der Waals surface area contributed by atoms with Crippen LogP contribution in [0.25, 0.3) is 0 Å². The SMILES string of the molecule is CC1(Cn2cncc2CNC(C)(C)C)CC1. The molecule has 90 valence electrons. The zero-order chi connectivity index (χ0) is 11.8. The van der Waals surface area contributed by atoms with E-state index in [0.717, 1.165) is 13.1 Å². The van der Waals surface area contributed by atoms with Gasteiger partial charge in [0.2, 0.25) is 0 Å². The molecule has 1 aromatic heterocycles. The van der Waals surface area contributed by atoms with E-state index in [1.54, 1.807) is 0 Å². The van der Waals surface area contributed by atoms with Crippen LogP contribution in [-0.2, 0) is 13.1 Å². The summed E-state index contributed by atoms with van der Waals surface area (Å²) in [5.41, 5.74) is 2.00. The molecular formula is C13H23N3. The lowest BCUT2D eigenvalue weighted by molar-refractivity contribution is 0.402.